The van der Waals surface area contributed by atoms with E-state index in [9.17, 15) is 8.42 Å². The zero-order valence-corrected chi connectivity index (χ0v) is 5.79. The highest BCUT2D eigenvalue weighted by Crippen LogP contribution is 2.45. The molecule has 1 atom stereocenters. The third-order valence-corrected chi connectivity index (χ3v) is 3.48. The van der Waals surface area contributed by atoms with Crippen LogP contribution in [0.25, 0.3) is 0 Å². The van der Waals surface area contributed by atoms with Crippen LogP contribution in [0.2, 0.25) is 0 Å². The molecule has 1 aliphatic rings. The molecule has 3 nitrogen and oxygen atoms in total. The molecule has 48 valence electrons. The van der Waals surface area contributed by atoms with Crippen molar-refractivity contribution in [2.75, 3.05) is 0 Å². The van der Waals surface area contributed by atoms with Gasteiger partial charge in [-0.2, -0.15) is 8.42 Å². The lowest BCUT2D eigenvalue weighted by molar-refractivity contribution is 0.401. The van der Waals surface area contributed by atoms with Crippen LogP contribution in [0.4, 0.5) is 0 Å². The Morgan fingerprint density at radius 2 is 2.12 bits per heavy atom. The Kier molecular flexibility index (Phi) is 1.08. The fraction of sp³-hybridized carbons (Fsp3) is 1.00. The molecular formula is C3H5ClO3S. The number of halogens is 1. The van der Waals surface area contributed by atoms with Crippen molar-refractivity contribution in [2.24, 2.45) is 0 Å². The van der Waals surface area contributed by atoms with Crippen molar-refractivity contribution in [2.45, 2.75) is 17.7 Å². The van der Waals surface area contributed by atoms with Crippen molar-refractivity contribution in [3.63, 3.8) is 0 Å². The van der Waals surface area contributed by atoms with E-state index in [4.69, 9.17) is 11.6 Å². The van der Waals surface area contributed by atoms with Gasteiger partial charge in [-0.25, -0.2) is 4.18 Å². The topological polar surface area (TPSA) is 46.7 Å². The summed E-state index contributed by atoms with van der Waals surface area (Å²) in [7, 11) is -3.34. The summed E-state index contributed by atoms with van der Waals surface area (Å²) in [4.78, 5) is 0. The predicted molar refractivity (Wildman–Crippen MR) is 28.9 cm³/mol. The van der Waals surface area contributed by atoms with Gasteiger partial charge >= 0.3 is 10.1 Å². The minimum absolute atomic E-state index is 0.302. The van der Waals surface area contributed by atoms with Crippen molar-refractivity contribution in [1.82, 2.24) is 0 Å². The van der Waals surface area contributed by atoms with Crippen LogP contribution < -0.4 is 0 Å². The normalized spacial score (nSPS) is 41.8. The minimum atomic E-state index is -3.34. The molecule has 1 aliphatic heterocycles. The lowest BCUT2D eigenvalue weighted by Gasteiger charge is -1.84. The van der Waals surface area contributed by atoms with E-state index >= 15 is 0 Å². The second-order valence-electron chi connectivity index (χ2n) is 1.55. The molecule has 1 rings (SSSR count). The van der Waals surface area contributed by atoms with Crippen LogP contribution in [0, 0.1) is 0 Å². The minimum Gasteiger partial charge on any atom is -0.224 e. The average molecular weight is 157 g/mol. The molecule has 5 heteroatoms. The fourth-order valence-corrected chi connectivity index (χ4v) is 1.56. The highest BCUT2D eigenvalue weighted by Gasteiger charge is 2.61. The average Bonchev–Trinajstić information content (AvgIpc) is 2.10. The summed E-state index contributed by atoms with van der Waals surface area (Å²) in [6, 6.07) is 0. The second-order valence-corrected chi connectivity index (χ2v) is 4.12. The van der Waals surface area contributed by atoms with Crippen LogP contribution in [0.5, 0.6) is 0 Å². The van der Waals surface area contributed by atoms with Gasteiger partial charge in [0.1, 0.15) is 0 Å². The van der Waals surface area contributed by atoms with E-state index in [2.05, 4.69) is 4.18 Å². The van der Waals surface area contributed by atoms with Gasteiger partial charge in [-0.15, -0.1) is 0 Å². The van der Waals surface area contributed by atoms with E-state index < -0.39 is 14.5 Å². The quantitative estimate of drug-likeness (QED) is 0.414. The van der Waals surface area contributed by atoms with E-state index in [0.29, 0.717) is 6.42 Å². The molecule has 1 fully saturated rings. The van der Waals surface area contributed by atoms with Gasteiger partial charge in [0, 0.05) is 6.42 Å². The largest absolute Gasteiger partial charge is 0.316 e. The van der Waals surface area contributed by atoms with Crippen LogP contribution in [0.3, 0.4) is 0 Å². The Hall–Kier alpha value is 0.200. The first-order valence-corrected chi connectivity index (χ1v) is 3.94. The molecule has 0 bridgehead atoms. The summed E-state index contributed by atoms with van der Waals surface area (Å²) >= 11 is 5.31. The van der Waals surface area contributed by atoms with E-state index in [1.807, 2.05) is 0 Å². The molecule has 0 N–H and O–H groups in total. The van der Waals surface area contributed by atoms with Crippen molar-refractivity contribution >= 4 is 21.7 Å². The zero-order chi connectivity index (χ0) is 6.41. The Morgan fingerprint density at radius 1 is 1.75 bits per heavy atom. The Balaban J connectivity index is 2.84. The molecule has 1 unspecified atom stereocenters. The maximum absolute atomic E-state index is 10.3. The van der Waals surface area contributed by atoms with Crippen molar-refractivity contribution in [1.29, 1.82) is 0 Å². The zero-order valence-electron chi connectivity index (χ0n) is 4.22. The maximum Gasteiger partial charge on any atom is 0.316 e. The molecule has 1 saturated heterocycles. The molecule has 0 aromatic carbocycles. The molecule has 0 amide bonds. The molecule has 0 spiro atoms. The number of hydrogen-bond donors (Lipinski definition) is 0. The SMILES string of the molecule is CCC1(Cl)OS1(=O)=O. The number of alkyl halides is 1. The molecule has 0 aliphatic carbocycles. The first-order chi connectivity index (χ1) is 3.52. The molecule has 0 radical (unpaired) electrons. The molecular weight excluding hydrogens is 152 g/mol. The van der Waals surface area contributed by atoms with Crippen molar-refractivity contribution in [3.05, 3.63) is 0 Å². The van der Waals surface area contributed by atoms with Crippen LogP contribution >= 0.6 is 11.6 Å². The summed E-state index contributed by atoms with van der Waals surface area (Å²) in [5.41, 5.74) is 0. The van der Waals surface area contributed by atoms with Gasteiger partial charge in [-0.1, -0.05) is 18.5 Å². The summed E-state index contributed by atoms with van der Waals surface area (Å²) in [6.07, 6.45) is 0.302. The Morgan fingerprint density at radius 3 is 2.12 bits per heavy atom. The second kappa shape index (κ2) is 1.37. The fourth-order valence-electron chi connectivity index (χ4n) is 0.383. The molecule has 1 heterocycles. The summed E-state index contributed by atoms with van der Waals surface area (Å²) in [5.74, 6) is 0. The molecule has 0 aromatic heterocycles. The van der Waals surface area contributed by atoms with Gasteiger partial charge in [-0.05, 0) is 0 Å². The standard InChI is InChI=1S/C3H5ClO3S/c1-2-3(4)7-8(3,5)6/h2H2,1H3. The lowest BCUT2D eigenvalue weighted by atomic mass is 10.5. The monoisotopic (exact) mass is 156 g/mol. The molecule has 8 heavy (non-hydrogen) atoms. The van der Waals surface area contributed by atoms with Gasteiger partial charge in [-0.3, -0.25) is 0 Å². The lowest BCUT2D eigenvalue weighted by Crippen LogP contribution is -1.98. The van der Waals surface area contributed by atoms with Gasteiger partial charge in [0.15, 0.2) is 0 Å². The summed E-state index contributed by atoms with van der Waals surface area (Å²) < 4.78 is 23.4. The first kappa shape index (κ1) is 6.32. The smallest absolute Gasteiger partial charge is 0.224 e. The third kappa shape index (κ3) is 0.639. The first-order valence-electron chi connectivity index (χ1n) is 2.16. The van der Waals surface area contributed by atoms with Crippen LogP contribution in [-0.2, 0) is 14.3 Å². The van der Waals surface area contributed by atoms with Gasteiger partial charge < -0.3 is 0 Å². The van der Waals surface area contributed by atoms with Gasteiger partial charge in [0.05, 0.1) is 0 Å². The van der Waals surface area contributed by atoms with Crippen LogP contribution in [0.15, 0.2) is 0 Å². The van der Waals surface area contributed by atoms with E-state index in [-0.39, 0.29) is 0 Å². The van der Waals surface area contributed by atoms with E-state index in [1.54, 1.807) is 6.92 Å². The van der Waals surface area contributed by atoms with Crippen molar-refractivity contribution in [3.8, 4) is 0 Å². The van der Waals surface area contributed by atoms with Gasteiger partial charge in [0.2, 0.25) is 0 Å². The van der Waals surface area contributed by atoms with Crippen LogP contribution in [0.1, 0.15) is 13.3 Å². The molecule has 0 aromatic rings. The van der Waals surface area contributed by atoms with Gasteiger partial charge in [0.25, 0.3) is 4.39 Å². The van der Waals surface area contributed by atoms with E-state index in [0.717, 1.165) is 0 Å². The number of hydrogen-bond acceptors (Lipinski definition) is 3. The Labute approximate surface area is 52.7 Å². The Bertz CT molecular complexity index is 197. The maximum atomic E-state index is 10.3. The predicted octanol–water partition coefficient (Wildman–Crippen LogP) is 0.649. The van der Waals surface area contributed by atoms with Crippen LogP contribution in [-0.4, -0.2) is 12.8 Å². The summed E-state index contributed by atoms with van der Waals surface area (Å²) in [6.45, 7) is 1.65. The van der Waals surface area contributed by atoms with Crippen molar-refractivity contribution < 1.29 is 12.6 Å². The summed E-state index contributed by atoms with van der Waals surface area (Å²) in [5, 5.41) is 0. The highest BCUT2D eigenvalue weighted by atomic mass is 35.5. The highest BCUT2D eigenvalue weighted by molar-refractivity contribution is 7.95. The third-order valence-electron chi connectivity index (χ3n) is 1.00. The number of rotatable bonds is 1. The molecule has 0 saturated carbocycles. The van der Waals surface area contributed by atoms with E-state index in [1.165, 1.54) is 0 Å².